The van der Waals surface area contributed by atoms with Crippen molar-refractivity contribution >= 4 is 75.3 Å². The number of halogens is 2. The number of fused-ring (bicyclic) bond motifs is 4. The lowest BCUT2D eigenvalue weighted by molar-refractivity contribution is -0.392. The number of aromatic hydroxyl groups is 1. The van der Waals surface area contributed by atoms with Crippen molar-refractivity contribution in [3.63, 3.8) is 0 Å². The number of nitro benzene ring substituents is 2. The van der Waals surface area contributed by atoms with E-state index in [4.69, 9.17) is 32.7 Å². The van der Waals surface area contributed by atoms with E-state index in [1.807, 2.05) is 30.3 Å². The van der Waals surface area contributed by atoms with E-state index in [0.717, 1.165) is 27.6 Å². The maximum Gasteiger partial charge on any atom is 0.301 e. The molecule has 342 valence electrons. The van der Waals surface area contributed by atoms with Crippen molar-refractivity contribution in [1.82, 2.24) is 5.01 Å². The molecule has 2 heterocycles. The Morgan fingerprint density at radius 2 is 1.51 bits per heavy atom. The third-order valence-electron chi connectivity index (χ3n) is 13.3. The summed E-state index contributed by atoms with van der Waals surface area (Å²) in [6.07, 6.45) is 1.55. The molecule has 17 nitrogen and oxygen atoms in total. The number of rotatable bonds is 12. The molecule has 19 heteroatoms. The zero-order chi connectivity index (χ0) is 47.6. The van der Waals surface area contributed by atoms with Crippen LogP contribution in [0.5, 0.6) is 17.2 Å². The number of anilines is 3. The van der Waals surface area contributed by atoms with Gasteiger partial charge >= 0.3 is 11.4 Å². The molecule has 0 radical (unpaired) electrons. The first-order chi connectivity index (χ1) is 32.1. The summed E-state index contributed by atoms with van der Waals surface area (Å²) in [6, 6.07) is 27.1. The molecule has 4 aliphatic rings. The number of nitrogens with zero attached hydrogens (tertiary/aromatic N) is 5. The van der Waals surface area contributed by atoms with Crippen LogP contribution in [0.1, 0.15) is 35.4 Å². The van der Waals surface area contributed by atoms with Gasteiger partial charge in [0.1, 0.15) is 23.9 Å². The number of hydrogen-bond acceptors (Lipinski definition) is 13. The first kappa shape index (κ1) is 44.7. The third kappa shape index (κ3) is 7.25. The molecule has 0 bridgehead atoms. The van der Waals surface area contributed by atoms with Crippen LogP contribution in [-0.2, 0) is 31.2 Å². The van der Waals surface area contributed by atoms with Crippen LogP contribution in [0.15, 0.2) is 115 Å². The van der Waals surface area contributed by atoms with Gasteiger partial charge in [0, 0.05) is 48.8 Å². The number of allylic oxidation sites excluding steroid dienone is 2. The molecule has 67 heavy (non-hydrogen) atoms. The van der Waals surface area contributed by atoms with E-state index in [0.29, 0.717) is 27.7 Å². The second kappa shape index (κ2) is 17.1. The number of carbonyl (C=O) groups is 4. The number of hydrogen-bond donors (Lipinski definition) is 2. The first-order valence-corrected chi connectivity index (χ1v) is 21.8. The maximum atomic E-state index is 15.7. The number of nitro groups is 2. The van der Waals surface area contributed by atoms with E-state index < -0.39 is 79.9 Å². The van der Waals surface area contributed by atoms with Gasteiger partial charge in [-0.2, -0.15) is 5.01 Å². The van der Waals surface area contributed by atoms with E-state index >= 15 is 14.4 Å². The zero-order valence-corrected chi connectivity index (χ0v) is 37.4. The second-order valence-corrected chi connectivity index (χ2v) is 17.8. The van der Waals surface area contributed by atoms with Crippen molar-refractivity contribution in [2.24, 2.45) is 23.7 Å². The van der Waals surface area contributed by atoms with E-state index in [1.165, 1.54) is 50.4 Å². The molecule has 0 aromatic heterocycles. The molecule has 2 aliphatic carbocycles. The van der Waals surface area contributed by atoms with Gasteiger partial charge in [0.2, 0.25) is 11.8 Å². The molecule has 3 fully saturated rings. The highest BCUT2D eigenvalue weighted by atomic mass is 35.5. The Labute approximate surface area is 392 Å². The summed E-state index contributed by atoms with van der Waals surface area (Å²) >= 11 is 12.8. The summed E-state index contributed by atoms with van der Waals surface area (Å²) in [5.41, 5.74) is 1.17. The van der Waals surface area contributed by atoms with Crippen molar-refractivity contribution in [3.8, 4) is 17.2 Å². The highest BCUT2D eigenvalue weighted by Crippen LogP contribution is 2.65. The van der Waals surface area contributed by atoms with Gasteiger partial charge in [0.05, 0.1) is 56.5 Å². The van der Waals surface area contributed by atoms with Crippen LogP contribution in [-0.4, -0.2) is 64.8 Å². The Kier molecular flexibility index (Phi) is 11.4. The van der Waals surface area contributed by atoms with Crippen LogP contribution in [0.3, 0.4) is 0 Å². The molecule has 2 saturated heterocycles. The molecule has 1 saturated carbocycles. The van der Waals surface area contributed by atoms with Crippen molar-refractivity contribution < 1.29 is 43.6 Å². The number of imide groups is 2. The summed E-state index contributed by atoms with van der Waals surface area (Å²) in [7, 11) is 4.27. The van der Waals surface area contributed by atoms with E-state index in [9.17, 15) is 30.1 Å². The minimum atomic E-state index is -1.82. The molecule has 0 spiro atoms. The average Bonchev–Trinajstić information content (AvgIpc) is 3.69. The molecule has 9 rings (SSSR count). The molecule has 5 aromatic carbocycles. The number of nitrogens with one attached hydrogen (secondary N) is 1. The van der Waals surface area contributed by atoms with Gasteiger partial charge < -0.3 is 19.5 Å². The highest BCUT2D eigenvalue weighted by molar-refractivity contribution is 6.36. The Bertz CT molecular complexity index is 2910. The van der Waals surface area contributed by atoms with E-state index in [2.05, 4.69) is 5.43 Å². The largest absolute Gasteiger partial charge is 0.508 e. The number of benzene rings is 5. The third-order valence-corrected chi connectivity index (χ3v) is 13.8. The average molecular weight is 948 g/mol. The predicted octanol–water partition coefficient (Wildman–Crippen LogP) is 8.36. The van der Waals surface area contributed by atoms with Gasteiger partial charge in [-0.05, 0) is 66.3 Å². The van der Waals surface area contributed by atoms with Crippen molar-refractivity contribution in [1.29, 1.82) is 0 Å². The van der Waals surface area contributed by atoms with Crippen molar-refractivity contribution in [3.05, 3.63) is 162 Å². The smallest absolute Gasteiger partial charge is 0.301 e. The van der Waals surface area contributed by atoms with E-state index in [1.54, 1.807) is 42.5 Å². The lowest BCUT2D eigenvalue weighted by atomic mass is 9.49. The van der Waals surface area contributed by atoms with Crippen LogP contribution in [0, 0.1) is 43.9 Å². The zero-order valence-electron chi connectivity index (χ0n) is 35.9. The Balaban J connectivity index is 1.21. The van der Waals surface area contributed by atoms with Crippen LogP contribution in [0.2, 0.25) is 10.0 Å². The van der Waals surface area contributed by atoms with Gasteiger partial charge in [-0.15, -0.1) is 0 Å². The standard InChI is InChI=1S/C48H40Cl2N6O11/c1-52(2)43-38(55(62)63)20-28(21-39(43)56(64)65)53-44(58)33-17-16-31-34(41(33)46(53)60)23-35-45(59)54(51-37-18-11-27(49)19-36(37)50)47(61)48(35,26-9-12-29(66-3)13-10-26)42(31)32-15-14-30(22-40(32)57)67-24-25-7-5-4-6-8-25/h4-16,18-22,33-35,41-42,51,57H,17,23-24H2,1-3H3. The number of hydrazine groups is 1. The van der Waals surface area contributed by atoms with Crippen LogP contribution < -0.4 is 24.7 Å². The SMILES string of the molecule is COc1ccc(C23C(=O)N(Nc4ccc(Cl)cc4Cl)C(=O)C2CC2C(=CCC4C(=O)N(c5cc([N+](=O)[O-])c(N(C)C)c([N+](=O)[O-])c5)C(=O)C42)C3c2ccc(OCc3ccccc3)cc2O)cc1. The summed E-state index contributed by atoms with van der Waals surface area (Å²) in [6.45, 7) is 0.176. The number of phenolic OH excluding ortho intramolecular Hbond substituents is 1. The van der Waals surface area contributed by atoms with Gasteiger partial charge in [-0.25, -0.2) is 4.90 Å². The quantitative estimate of drug-likeness (QED) is 0.0521. The van der Waals surface area contributed by atoms with Crippen LogP contribution >= 0.6 is 23.2 Å². The summed E-state index contributed by atoms with van der Waals surface area (Å²) < 4.78 is 11.5. The Hall–Kier alpha value is -7.50. The van der Waals surface area contributed by atoms with Gasteiger partial charge in [0.15, 0.2) is 5.69 Å². The summed E-state index contributed by atoms with van der Waals surface area (Å²) in [4.78, 5) is 85.5. The first-order valence-electron chi connectivity index (χ1n) is 21.0. The fourth-order valence-corrected chi connectivity index (χ4v) is 10.9. The lowest BCUT2D eigenvalue weighted by Crippen LogP contribution is -2.53. The minimum absolute atomic E-state index is 0.0546. The van der Waals surface area contributed by atoms with E-state index in [-0.39, 0.29) is 52.8 Å². The molecular weight excluding hydrogens is 907 g/mol. The number of amides is 4. The molecular formula is C48H40Cl2N6O11. The fourth-order valence-electron chi connectivity index (χ4n) is 10.5. The van der Waals surface area contributed by atoms with Crippen LogP contribution in [0.4, 0.5) is 28.4 Å². The van der Waals surface area contributed by atoms with Crippen molar-refractivity contribution in [2.45, 2.75) is 30.8 Å². The Morgan fingerprint density at radius 1 is 0.836 bits per heavy atom. The van der Waals surface area contributed by atoms with Crippen LogP contribution in [0.25, 0.3) is 0 Å². The Morgan fingerprint density at radius 3 is 2.12 bits per heavy atom. The number of phenols is 1. The van der Waals surface area contributed by atoms with Gasteiger partial charge in [-0.3, -0.25) is 44.8 Å². The minimum Gasteiger partial charge on any atom is -0.508 e. The van der Waals surface area contributed by atoms with Gasteiger partial charge in [0.25, 0.3) is 11.8 Å². The molecule has 5 aromatic rings. The summed E-state index contributed by atoms with van der Waals surface area (Å²) in [5.74, 6) is -8.07. The molecule has 2 N–H and O–H groups in total. The monoisotopic (exact) mass is 946 g/mol. The van der Waals surface area contributed by atoms with Crippen molar-refractivity contribution in [2.75, 3.05) is 36.4 Å². The molecule has 4 amide bonds. The lowest BCUT2D eigenvalue weighted by Gasteiger charge is -2.50. The highest BCUT2D eigenvalue weighted by Gasteiger charge is 2.71. The second-order valence-electron chi connectivity index (χ2n) is 17.0. The number of ether oxygens (including phenoxy) is 2. The topological polar surface area (TPSA) is 215 Å². The number of methoxy groups -OCH3 is 1. The normalized spacial score (nSPS) is 23.0. The molecule has 6 atom stereocenters. The molecule has 6 unspecified atom stereocenters. The number of carbonyl (C=O) groups excluding carboxylic acids is 4. The maximum absolute atomic E-state index is 15.7. The fraction of sp³-hybridized carbons (Fsp3) is 0.250. The predicted molar refractivity (Wildman–Crippen MR) is 246 cm³/mol. The van der Waals surface area contributed by atoms with Gasteiger partial charge in [-0.1, -0.05) is 83.4 Å². The summed E-state index contributed by atoms with van der Waals surface area (Å²) in [5, 5.41) is 38.2. The molecule has 2 aliphatic heterocycles.